The summed E-state index contributed by atoms with van der Waals surface area (Å²) in [6.45, 7) is 0. The van der Waals surface area contributed by atoms with Crippen LogP contribution in [0.4, 0.5) is 0 Å². The smallest absolute Gasteiger partial charge is 0.326 e. The quantitative estimate of drug-likeness (QED) is 0.204. The van der Waals surface area contributed by atoms with Crippen molar-refractivity contribution in [2.75, 3.05) is 0 Å². The molecule has 0 amide bonds. The molecule has 228 valence electrons. The zero-order chi connectivity index (χ0) is 32.7. The third-order valence-corrected chi connectivity index (χ3v) is 11.0. The van der Waals surface area contributed by atoms with Crippen LogP contribution >= 0.6 is 0 Å². The Kier molecular flexibility index (Phi) is 6.05. The van der Waals surface area contributed by atoms with Crippen LogP contribution in [-0.4, -0.2) is 29.6 Å². The van der Waals surface area contributed by atoms with E-state index in [0.29, 0.717) is 0 Å². The van der Waals surface area contributed by atoms with Gasteiger partial charge in [-0.15, -0.1) is 0 Å². The van der Waals surface area contributed by atoms with Gasteiger partial charge in [0.2, 0.25) is 0 Å². The second-order valence-electron chi connectivity index (χ2n) is 13.2. The van der Waals surface area contributed by atoms with Gasteiger partial charge in [0.25, 0.3) is 0 Å². The number of fused-ring (bicyclic) bond motifs is 1. The van der Waals surface area contributed by atoms with Crippen LogP contribution in [0, 0.1) is 0 Å². The summed E-state index contributed by atoms with van der Waals surface area (Å²) >= 11 is 0. The van der Waals surface area contributed by atoms with Gasteiger partial charge in [0, 0.05) is 10.8 Å². The van der Waals surface area contributed by atoms with Crippen LogP contribution in [0.1, 0.15) is 44.5 Å². The van der Waals surface area contributed by atoms with Crippen LogP contribution < -0.4 is 10.9 Å². The van der Waals surface area contributed by atoms with Crippen LogP contribution in [0.3, 0.4) is 0 Å². The Hall–Kier alpha value is -5.61. The first-order valence-corrected chi connectivity index (χ1v) is 16.7. The highest BCUT2D eigenvalue weighted by Crippen LogP contribution is 2.61. The van der Waals surface area contributed by atoms with Gasteiger partial charge in [0.05, 0.1) is 27.6 Å². The molecule has 0 saturated heterocycles. The fraction of sp³-hybridized carbons (Fsp3) is 0.0455. The van der Waals surface area contributed by atoms with Crippen molar-refractivity contribution >= 4 is 47.7 Å². The molecule has 0 aliphatic carbocycles. The van der Waals surface area contributed by atoms with Gasteiger partial charge in [-0.05, 0) is 44.5 Å². The fourth-order valence-electron chi connectivity index (χ4n) is 9.27. The molecule has 2 aliphatic rings. The molecule has 0 bridgehead atoms. The van der Waals surface area contributed by atoms with E-state index >= 15 is 0 Å². The van der Waals surface area contributed by atoms with Gasteiger partial charge in [-0.25, -0.2) is 0 Å². The minimum atomic E-state index is -0.710. The van der Waals surface area contributed by atoms with Gasteiger partial charge in [-0.2, -0.15) is 0 Å². The van der Waals surface area contributed by atoms with Crippen LogP contribution in [0.5, 0.6) is 0 Å². The van der Waals surface area contributed by atoms with Crippen molar-refractivity contribution in [2.24, 2.45) is 0 Å². The molecule has 0 spiro atoms. The second kappa shape index (κ2) is 10.4. The Bertz CT molecular complexity index is 2310. The minimum Gasteiger partial charge on any atom is -0.450 e. The summed E-state index contributed by atoms with van der Waals surface area (Å²) in [5.74, 6) is 0. The van der Waals surface area contributed by atoms with Crippen LogP contribution in [0.25, 0.3) is 27.5 Å². The van der Waals surface area contributed by atoms with Crippen LogP contribution in [0.2, 0.25) is 0 Å². The van der Waals surface area contributed by atoms with E-state index in [1.54, 1.807) is 0 Å². The Morgan fingerprint density at radius 3 is 1.06 bits per heavy atom. The molecule has 2 N–H and O–H groups in total. The van der Waals surface area contributed by atoms with Crippen molar-refractivity contribution in [3.05, 3.63) is 208 Å². The van der Waals surface area contributed by atoms with Crippen molar-refractivity contribution in [1.82, 2.24) is 4.57 Å². The summed E-state index contributed by atoms with van der Waals surface area (Å²) in [6.07, 6.45) is 0. The first-order valence-electron chi connectivity index (χ1n) is 16.7. The molecule has 10 rings (SSSR count). The average molecular weight is 625 g/mol. The largest absolute Gasteiger partial charge is 0.450 e. The number of rotatable bonds is 6. The van der Waals surface area contributed by atoms with Crippen molar-refractivity contribution < 1.29 is 10.0 Å². The average Bonchev–Trinajstić information content (AvgIpc) is 3.51. The third-order valence-electron chi connectivity index (χ3n) is 11.0. The summed E-state index contributed by atoms with van der Waals surface area (Å²) in [6, 6.07) is 58.5. The van der Waals surface area contributed by atoms with E-state index in [2.05, 4.69) is 168 Å². The van der Waals surface area contributed by atoms with Gasteiger partial charge < -0.3 is 14.6 Å². The lowest BCUT2D eigenvalue weighted by Gasteiger charge is -2.47. The summed E-state index contributed by atoms with van der Waals surface area (Å²) in [7, 11) is 2.43. The van der Waals surface area contributed by atoms with Gasteiger partial charge in [-0.3, -0.25) is 0 Å². The first-order chi connectivity index (χ1) is 24.2. The molecule has 0 atom stereocenters. The zero-order valence-corrected chi connectivity index (χ0v) is 26.6. The summed E-state index contributed by atoms with van der Waals surface area (Å²) < 4.78 is 2.48. The van der Waals surface area contributed by atoms with E-state index in [-0.39, 0.29) is 0 Å². The molecule has 0 unspecified atom stereocenters. The standard InChI is InChI=1S/C44H29B2NO2/c48-45-32-24-34-35-25-33(46-49)27-39-41(35)47-40(34)38(26-32)43(28-14-5-1-6-15-28,29-16-7-2-8-17-29)36-22-13-23-37(42(36)47)44(39,30-18-9-3-10-19-30)31-20-11-4-12-21-31/h1-27,48-49H. The number of aromatic nitrogens is 1. The Labute approximate surface area is 286 Å². The molecule has 2 aliphatic heterocycles. The molecule has 3 heterocycles. The number of benzene rings is 7. The molecular weight excluding hydrogens is 596 g/mol. The zero-order valence-electron chi connectivity index (χ0n) is 26.6. The molecule has 2 radical (unpaired) electrons. The molecule has 8 aromatic rings. The number of hydrogen-bond donors (Lipinski definition) is 2. The molecule has 3 nitrogen and oxygen atoms in total. The van der Waals surface area contributed by atoms with Crippen LogP contribution in [-0.2, 0) is 10.8 Å². The molecule has 7 aromatic carbocycles. The molecule has 49 heavy (non-hydrogen) atoms. The number of nitrogens with zero attached hydrogens (tertiary/aromatic N) is 1. The minimum absolute atomic E-state index is 0.710. The van der Waals surface area contributed by atoms with Crippen molar-refractivity contribution in [3.8, 4) is 5.69 Å². The van der Waals surface area contributed by atoms with E-state index in [1.807, 2.05) is 0 Å². The number of hydrogen-bond acceptors (Lipinski definition) is 2. The van der Waals surface area contributed by atoms with Gasteiger partial charge in [0.15, 0.2) is 0 Å². The molecule has 0 saturated carbocycles. The van der Waals surface area contributed by atoms with Crippen molar-refractivity contribution in [3.63, 3.8) is 0 Å². The summed E-state index contributed by atoms with van der Waals surface area (Å²) in [5.41, 5.74) is 12.6. The molecule has 0 fully saturated rings. The van der Waals surface area contributed by atoms with E-state index in [0.717, 1.165) is 66.1 Å². The van der Waals surface area contributed by atoms with Gasteiger partial charge in [0.1, 0.15) is 0 Å². The normalized spacial score (nSPS) is 14.7. The summed E-state index contributed by atoms with van der Waals surface area (Å²) in [5, 5.41) is 23.4. The van der Waals surface area contributed by atoms with E-state index in [4.69, 9.17) is 0 Å². The first kappa shape index (κ1) is 28.4. The maximum absolute atomic E-state index is 10.7. The predicted octanol–water partition coefficient (Wildman–Crippen LogP) is 6.65. The van der Waals surface area contributed by atoms with Crippen LogP contribution in [0.15, 0.2) is 164 Å². The Balaban J connectivity index is 1.55. The molecular formula is C44H29B2NO2. The monoisotopic (exact) mass is 625 g/mol. The highest BCUT2D eigenvalue weighted by atomic mass is 16.2. The lowest BCUT2D eigenvalue weighted by Crippen LogP contribution is -2.42. The maximum atomic E-state index is 10.7. The van der Waals surface area contributed by atoms with E-state index in [9.17, 15) is 10.0 Å². The van der Waals surface area contributed by atoms with E-state index in [1.165, 1.54) is 31.8 Å². The van der Waals surface area contributed by atoms with Crippen molar-refractivity contribution in [1.29, 1.82) is 0 Å². The van der Waals surface area contributed by atoms with Crippen molar-refractivity contribution in [2.45, 2.75) is 10.8 Å². The number of para-hydroxylation sites is 1. The molecule has 1 aromatic heterocycles. The van der Waals surface area contributed by atoms with Gasteiger partial charge >= 0.3 is 15.0 Å². The molecule has 5 heteroatoms. The Morgan fingerprint density at radius 2 is 0.735 bits per heavy atom. The van der Waals surface area contributed by atoms with Gasteiger partial charge in [-0.1, -0.05) is 175 Å². The third kappa shape index (κ3) is 3.51. The summed E-state index contributed by atoms with van der Waals surface area (Å²) in [4.78, 5) is 0. The lowest BCUT2D eigenvalue weighted by molar-refractivity contribution is 0.614. The second-order valence-corrected chi connectivity index (χ2v) is 13.2. The van der Waals surface area contributed by atoms with E-state index < -0.39 is 10.8 Å². The fourth-order valence-corrected chi connectivity index (χ4v) is 9.27. The lowest BCUT2D eigenvalue weighted by atomic mass is 9.58. The highest BCUT2D eigenvalue weighted by Gasteiger charge is 2.52. The Morgan fingerprint density at radius 1 is 0.388 bits per heavy atom. The predicted molar refractivity (Wildman–Crippen MR) is 200 cm³/mol. The highest BCUT2D eigenvalue weighted by molar-refractivity contribution is 6.47. The topological polar surface area (TPSA) is 45.4 Å². The maximum Gasteiger partial charge on any atom is 0.326 e. The SMILES string of the molecule is O[B]c1cc2c3c(c1)c1cc([B]O)cc4c1n3-c1c(cccc1C4(c1ccccc1)c1ccccc1)C2(c1ccccc1)c1ccccc1.